The zero-order valence-electron chi connectivity index (χ0n) is 9.03. The quantitative estimate of drug-likeness (QED) is 0.747. The zero-order valence-corrected chi connectivity index (χ0v) is 9.03. The molecule has 1 aliphatic rings. The molecule has 78 valence electrons. The predicted molar refractivity (Wildman–Crippen MR) is 58.3 cm³/mol. The smallest absolute Gasteiger partial charge is 0.232 e. The van der Waals surface area contributed by atoms with Crippen molar-refractivity contribution in [3.05, 3.63) is 30.1 Å². The van der Waals surface area contributed by atoms with E-state index in [4.69, 9.17) is 4.74 Å². The number of hydrogen-bond acceptors (Lipinski definition) is 2. The van der Waals surface area contributed by atoms with Gasteiger partial charge in [-0.15, -0.1) is 0 Å². The Bertz CT molecular complexity index is 511. The summed E-state index contributed by atoms with van der Waals surface area (Å²) in [6.07, 6.45) is 6.68. The first-order chi connectivity index (χ1) is 7.21. The SMILES string of the molecule is COc1cn2cc(C3(C)CC3)ccc2n1. The van der Waals surface area contributed by atoms with Gasteiger partial charge in [0.25, 0.3) is 0 Å². The van der Waals surface area contributed by atoms with E-state index in [1.54, 1.807) is 7.11 Å². The van der Waals surface area contributed by atoms with E-state index in [1.807, 2.05) is 10.6 Å². The van der Waals surface area contributed by atoms with E-state index < -0.39 is 0 Å². The number of ether oxygens (including phenoxy) is 1. The lowest BCUT2D eigenvalue weighted by Crippen LogP contribution is -2.00. The summed E-state index contributed by atoms with van der Waals surface area (Å²) in [5.41, 5.74) is 2.75. The van der Waals surface area contributed by atoms with Crippen LogP contribution in [0.1, 0.15) is 25.3 Å². The molecule has 0 bridgehead atoms. The Hall–Kier alpha value is -1.51. The van der Waals surface area contributed by atoms with Crippen LogP contribution in [-0.4, -0.2) is 16.5 Å². The first-order valence-electron chi connectivity index (χ1n) is 5.24. The molecule has 1 aliphatic carbocycles. The van der Waals surface area contributed by atoms with Gasteiger partial charge in [-0.1, -0.05) is 13.0 Å². The predicted octanol–water partition coefficient (Wildman–Crippen LogP) is 2.39. The highest BCUT2D eigenvalue weighted by Crippen LogP contribution is 2.47. The molecule has 0 spiro atoms. The fraction of sp³-hybridized carbons (Fsp3) is 0.417. The Morgan fingerprint density at radius 1 is 1.33 bits per heavy atom. The van der Waals surface area contributed by atoms with Crippen LogP contribution in [0.4, 0.5) is 0 Å². The topological polar surface area (TPSA) is 26.5 Å². The first kappa shape index (κ1) is 8.77. The molecular formula is C12H14N2O. The molecule has 0 N–H and O–H groups in total. The van der Waals surface area contributed by atoms with Crippen molar-refractivity contribution >= 4 is 5.65 Å². The molecule has 0 atom stereocenters. The van der Waals surface area contributed by atoms with Gasteiger partial charge < -0.3 is 9.14 Å². The Balaban J connectivity index is 2.13. The van der Waals surface area contributed by atoms with Crippen molar-refractivity contribution in [2.45, 2.75) is 25.2 Å². The third kappa shape index (κ3) is 1.30. The second kappa shape index (κ2) is 2.75. The number of fused-ring (bicyclic) bond motifs is 1. The van der Waals surface area contributed by atoms with Crippen LogP contribution in [0.2, 0.25) is 0 Å². The third-order valence-electron chi connectivity index (χ3n) is 3.34. The van der Waals surface area contributed by atoms with Crippen LogP contribution in [0, 0.1) is 0 Å². The average molecular weight is 202 g/mol. The molecule has 0 amide bonds. The van der Waals surface area contributed by atoms with Gasteiger partial charge >= 0.3 is 0 Å². The van der Waals surface area contributed by atoms with Crippen molar-refractivity contribution in [2.24, 2.45) is 0 Å². The molecule has 0 aromatic carbocycles. The molecule has 15 heavy (non-hydrogen) atoms. The fourth-order valence-corrected chi connectivity index (χ4v) is 1.90. The minimum Gasteiger partial charge on any atom is -0.480 e. The van der Waals surface area contributed by atoms with E-state index in [2.05, 4.69) is 30.2 Å². The first-order valence-corrected chi connectivity index (χ1v) is 5.24. The van der Waals surface area contributed by atoms with Gasteiger partial charge in [0, 0.05) is 6.20 Å². The highest BCUT2D eigenvalue weighted by Gasteiger charge is 2.39. The van der Waals surface area contributed by atoms with E-state index in [1.165, 1.54) is 18.4 Å². The molecule has 0 aliphatic heterocycles. The highest BCUT2D eigenvalue weighted by atomic mass is 16.5. The Kier molecular flexibility index (Phi) is 1.61. The van der Waals surface area contributed by atoms with Gasteiger partial charge in [0.05, 0.1) is 13.3 Å². The van der Waals surface area contributed by atoms with Gasteiger partial charge in [0.1, 0.15) is 5.65 Å². The number of rotatable bonds is 2. The summed E-state index contributed by atoms with van der Waals surface area (Å²) < 4.78 is 7.15. The summed E-state index contributed by atoms with van der Waals surface area (Å²) in [5, 5.41) is 0. The van der Waals surface area contributed by atoms with Gasteiger partial charge in [-0.05, 0) is 29.9 Å². The average Bonchev–Trinajstić information content (AvgIpc) is 2.86. The van der Waals surface area contributed by atoms with Crippen LogP contribution < -0.4 is 4.74 Å². The Morgan fingerprint density at radius 3 is 2.80 bits per heavy atom. The molecule has 0 saturated heterocycles. The number of imidazole rings is 1. The van der Waals surface area contributed by atoms with Gasteiger partial charge in [-0.25, -0.2) is 0 Å². The van der Waals surface area contributed by atoms with E-state index in [0.29, 0.717) is 11.3 Å². The second-order valence-electron chi connectivity index (χ2n) is 4.53. The van der Waals surface area contributed by atoms with Gasteiger partial charge in [-0.2, -0.15) is 4.98 Å². The largest absolute Gasteiger partial charge is 0.480 e. The monoisotopic (exact) mass is 202 g/mol. The molecule has 3 nitrogen and oxygen atoms in total. The number of hydrogen-bond donors (Lipinski definition) is 0. The number of pyridine rings is 1. The van der Waals surface area contributed by atoms with Crippen molar-refractivity contribution in [2.75, 3.05) is 7.11 Å². The van der Waals surface area contributed by atoms with Gasteiger partial charge in [0.15, 0.2) is 0 Å². The number of aromatic nitrogens is 2. The Labute approximate surface area is 88.7 Å². The van der Waals surface area contributed by atoms with Crippen molar-refractivity contribution in [3.8, 4) is 5.88 Å². The highest BCUT2D eigenvalue weighted by molar-refractivity contribution is 5.45. The minimum absolute atomic E-state index is 0.408. The van der Waals surface area contributed by atoms with Crippen LogP contribution >= 0.6 is 0 Å². The standard InChI is InChI=1S/C12H14N2O/c1-12(5-6-12)9-3-4-10-13-11(15-2)8-14(10)7-9/h3-4,7-8H,5-6H2,1-2H3. The molecule has 2 aromatic heterocycles. The fourth-order valence-electron chi connectivity index (χ4n) is 1.90. The van der Waals surface area contributed by atoms with Crippen molar-refractivity contribution in [1.82, 2.24) is 9.38 Å². The maximum Gasteiger partial charge on any atom is 0.232 e. The molecule has 3 heteroatoms. The third-order valence-corrected chi connectivity index (χ3v) is 3.34. The summed E-state index contributed by atoms with van der Waals surface area (Å²) in [5.74, 6) is 0.674. The number of nitrogens with zero attached hydrogens (tertiary/aromatic N) is 2. The lowest BCUT2D eigenvalue weighted by atomic mass is 10.0. The summed E-state index contributed by atoms with van der Waals surface area (Å²) in [7, 11) is 1.64. The van der Waals surface area contributed by atoms with Crippen LogP contribution in [-0.2, 0) is 5.41 Å². The van der Waals surface area contributed by atoms with E-state index in [-0.39, 0.29) is 0 Å². The van der Waals surface area contributed by atoms with E-state index in [9.17, 15) is 0 Å². The lowest BCUT2D eigenvalue weighted by Gasteiger charge is -2.08. The molecule has 3 rings (SSSR count). The second-order valence-corrected chi connectivity index (χ2v) is 4.53. The maximum absolute atomic E-state index is 5.11. The van der Waals surface area contributed by atoms with Gasteiger partial charge in [0.2, 0.25) is 5.88 Å². The zero-order chi connectivity index (χ0) is 10.5. The normalized spacial score (nSPS) is 18.0. The summed E-state index contributed by atoms with van der Waals surface area (Å²) >= 11 is 0. The van der Waals surface area contributed by atoms with Crippen molar-refractivity contribution in [1.29, 1.82) is 0 Å². The van der Waals surface area contributed by atoms with Gasteiger partial charge in [-0.3, -0.25) is 0 Å². The molecule has 0 radical (unpaired) electrons. The van der Waals surface area contributed by atoms with E-state index in [0.717, 1.165) is 5.65 Å². The maximum atomic E-state index is 5.11. The van der Waals surface area contributed by atoms with Crippen molar-refractivity contribution < 1.29 is 4.74 Å². The number of methoxy groups -OCH3 is 1. The molecule has 1 saturated carbocycles. The summed E-state index contributed by atoms with van der Waals surface area (Å²) in [6.45, 7) is 2.31. The molecule has 2 aromatic rings. The lowest BCUT2D eigenvalue weighted by molar-refractivity contribution is 0.400. The molecule has 2 heterocycles. The van der Waals surface area contributed by atoms with Crippen LogP contribution in [0.25, 0.3) is 5.65 Å². The van der Waals surface area contributed by atoms with Crippen LogP contribution in [0.15, 0.2) is 24.5 Å². The minimum atomic E-state index is 0.408. The van der Waals surface area contributed by atoms with Crippen molar-refractivity contribution in [3.63, 3.8) is 0 Å². The Morgan fingerprint density at radius 2 is 2.13 bits per heavy atom. The molecular weight excluding hydrogens is 188 g/mol. The van der Waals surface area contributed by atoms with Crippen LogP contribution in [0.3, 0.4) is 0 Å². The molecule has 0 unspecified atom stereocenters. The van der Waals surface area contributed by atoms with Crippen LogP contribution in [0.5, 0.6) is 5.88 Å². The molecule has 1 fully saturated rings. The van der Waals surface area contributed by atoms with E-state index >= 15 is 0 Å². The summed E-state index contributed by atoms with van der Waals surface area (Å²) in [4.78, 5) is 4.32. The summed E-state index contributed by atoms with van der Waals surface area (Å²) in [6, 6.07) is 4.23.